The molecule has 1 spiro atoms. The molecule has 10 heteroatoms. The minimum absolute atomic E-state index is 0.0565. The lowest BCUT2D eigenvalue weighted by molar-refractivity contribution is -0.140. The van der Waals surface area contributed by atoms with E-state index >= 15 is 0 Å². The summed E-state index contributed by atoms with van der Waals surface area (Å²) in [6, 6.07) is 5.04. The first kappa shape index (κ1) is 19.8. The molecule has 0 bridgehead atoms. The van der Waals surface area contributed by atoms with Gasteiger partial charge in [0.2, 0.25) is 0 Å². The minimum Gasteiger partial charge on any atom is -0.491 e. The van der Waals surface area contributed by atoms with E-state index in [1.165, 1.54) is 31.3 Å². The molecule has 1 aromatic carbocycles. The van der Waals surface area contributed by atoms with Crippen molar-refractivity contribution in [3.8, 4) is 5.75 Å². The van der Waals surface area contributed by atoms with Crippen LogP contribution >= 0.6 is 0 Å². The average Bonchev–Trinajstić information content (AvgIpc) is 3.16. The first-order valence-corrected chi connectivity index (χ1v) is 10.7. The van der Waals surface area contributed by atoms with Crippen LogP contribution in [0.4, 0.5) is 23.4 Å². The van der Waals surface area contributed by atoms with Crippen LogP contribution in [-0.2, 0) is 6.18 Å². The SMILES string of the molecule is Fc1ccc2c(c1)OCC(N1CCC3(CC3)C1)C2Nc1ncnc2[nH]c(C(F)(F)F)cc12. The summed E-state index contributed by atoms with van der Waals surface area (Å²) < 4.78 is 59.5. The van der Waals surface area contributed by atoms with Crippen molar-refractivity contribution in [1.29, 1.82) is 0 Å². The van der Waals surface area contributed by atoms with Gasteiger partial charge in [0.05, 0.1) is 17.5 Å². The van der Waals surface area contributed by atoms with Gasteiger partial charge in [-0.05, 0) is 43.4 Å². The minimum atomic E-state index is -4.52. The fourth-order valence-corrected chi connectivity index (χ4v) is 5.05. The summed E-state index contributed by atoms with van der Waals surface area (Å²) in [5, 5.41) is 3.61. The lowest BCUT2D eigenvalue weighted by atomic mass is 9.94. The van der Waals surface area contributed by atoms with Gasteiger partial charge in [0.25, 0.3) is 0 Å². The van der Waals surface area contributed by atoms with Crippen LogP contribution in [0.15, 0.2) is 30.6 Å². The Morgan fingerprint density at radius 2 is 2.00 bits per heavy atom. The van der Waals surface area contributed by atoms with E-state index in [-0.39, 0.29) is 23.1 Å². The Labute approximate surface area is 181 Å². The Morgan fingerprint density at radius 1 is 1.16 bits per heavy atom. The Balaban J connectivity index is 1.39. The van der Waals surface area contributed by atoms with Crippen LogP contribution in [0.25, 0.3) is 11.0 Å². The van der Waals surface area contributed by atoms with Crippen LogP contribution in [0, 0.1) is 11.2 Å². The third-order valence-corrected chi connectivity index (χ3v) is 7.02. The summed E-state index contributed by atoms with van der Waals surface area (Å²) >= 11 is 0. The van der Waals surface area contributed by atoms with Crippen molar-refractivity contribution >= 4 is 16.9 Å². The van der Waals surface area contributed by atoms with E-state index in [9.17, 15) is 17.6 Å². The van der Waals surface area contributed by atoms with Crippen LogP contribution in [-0.4, -0.2) is 45.6 Å². The molecule has 4 heterocycles. The number of hydrogen-bond donors (Lipinski definition) is 2. The Kier molecular flexibility index (Phi) is 4.21. The second kappa shape index (κ2) is 6.81. The number of fused-ring (bicyclic) bond motifs is 2. The lowest BCUT2D eigenvalue weighted by Gasteiger charge is -2.39. The third-order valence-electron chi connectivity index (χ3n) is 7.02. The standard InChI is InChI=1S/C22H21F4N5O/c23-12-1-2-13-16(7-12)32-9-15(31-6-5-21(10-31)3-4-21)18(13)30-20-14-8-17(22(24,25)26)29-19(14)27-11-28-20/h1-2,7-8,11,15,18H,3-6,9-10H2,(H2,27,28,29,30). The van der Waals surface area contributed by atoms with Gasteiger partial charge in [-0.25, -0.2) is 14.4 Å². The van der Waals surface area contributed by atoms with Crippen LogP contribution in [0.5, 0.6) is 5.75 Å². The number of aromatic amines is 1. The zero-order valence-corrected chi connectivity index (χ0v) is 17.0. The van der Waals surface area contributed by atoms with E-state index in [1.54, 1.807) is 6.07 Å². The molecule has 3 aliphatic rings. The van der Waals surface area contributed by atoms with Crippen molar-refractivity contribution in [3.63, 3.8) is 0 Å². The van der Waals surface area contributed by atoms with E-state index in [1.807, 2.05) is 0 Å². The Bertz CT molecular complexity index is 1190. The molecular weight excluding hydrogens is 426 g/mol. The van der Waals surface area contributed by atoms with Gasteiger partial charge >= 0.3 is 6.18 Å². The number of anilines is 1. The van der Waals surface area contributed by atoms with Gasteiger partial charge in [-0.1, -0.05) is 6.07 Å². The smallest absolute Gasteiger partial charge is 0.431 e. The molecular formula is C22H21F4N5O. The van der Waals surface area contributed by atoms with Gasteiger partial charge in [0, 0.05) is 18.2 Å². The van der Waals surface area contributed by atoms with Gasteiger partial charge in [-0.3, -0.25) is 4.90 Å². The number of ether oxygens (including phenoxy) is 1. The maximum atomic E-state index is 13.8. The van der Waals surface area contributed by atoms with E-state index in [4.69, 9.17) is 4.74 Å². The highest BCUT2D eigenvalue weighted by atomic mass is 19.4. The van der Waals surface area contributed by atoms with E-state index in [0.717, 1.165) is 31.1 Å². The largest absolute Gasteiger partial charge is 0.491 e. The molecule has 32 heavy (non-hydrogen) atoms. The molecule has 2 N–H and O–H groups in total. The van der Waals surface area contributed by atoms with Crippen molar-refractivity contribution in [1.82, 2.24) is 19.9 Å². The molecule has 2 aliphatic heterocycles. The molecule has 6 rings (SSSR count). The predicted molar refractivity (Wildman–Crippen MR) is 109 cm³/mol. The predicted octanol–water partition coefficient (Wildman–Crippen LogP) is 4.52. The summed E-state index contributed by atoms with van der Waals surface area (Å²) in [4.78, 5) is 12.9. The van der Waals surface area contributed by atoms with E-state index in [2.05, 4.69) is 25.2 Å². The number of likely N-dealkylation sites (tertiary alicyclic amines) is 1. The van der Waals surface area contributed by atoms with Gasteiger partial charge in [-0.2, -0.15) is 13.2 Å². The van der Waals surface area contributed by atoms with E-state index < -0.39 is 17.7 Å². The molecule has 0 radical (unpaired) electrons. The molecule has 1 saturated carbocycles. The second-order valence-corrected chi connectivity index (χ2v) is 9.07. The summed E-state index contributed by atoms with van der Waals surface area (Å²) in [6.45, 7) is 2.26. The van der Waals surface area contributed by atoms with Crippen molar-refractivity contribution in [2.24, 2.45) is 5.41 Å². The molecule has 0 amide bonds. The Morgan fingerprint density at radius 3 is 2.75 bits per heavy atom. The monoisotopic (exact) mass is 447 g/mol. The topological polar surface area (TPSA) is 66.1 Å². The molecule has 168 valence electrons. The maximum Gasteiger partial charge on any atom is 0.431 e. The third kappa shape index (κ3) is 3.28. The van der Waals surface area contributed by atoms with Gasteiger partial charge in [-0.15, -0.1) is 0 Å². The normalized spacial score (nSPS) is 24.5. The second-order valence-electron chi connectivity index (χ2n) is 9.07. The maximum absolute atomic E-state index is 13.8. The molecule has 3 aromatic rings. The van der Waals surface area contributed by atoms with Crippen LogP contribution in [0.3, 0.4) is 0 Å². The number of halogens is 4. The van der Waals surface area contributed by atoms with Crippen molar-refractivity contribution in [3.05, 3.63) is 47.7 Å². The van der Waals surface area contributed by atoms with Crippen molar-refractivity contribution in [2.45, 2.75) is 37.5 Å². The van der Waals surface area contributed by atoms with E-state index in [0.29, 0.717) is 23.6 Å². The number of H-pyrrole nitrogens is 1. The fraction of sp³-hybridized carbons (Fsp3) is 0.455. The molecule has 2 unspecified atom stereocenters. The lowest BCUT2D eigenvalue weighted by Crippen LogP contribution is -2.47. The fourth-order valence-electron chi connectivity index (χ4n) is 5.05. The number of aromatic nitrogens is 3. The van der Waals surface area contributed by atoms with Gasteiger partial charge < -0.3 is 15.0 Å². The number of nitrogens with one attached hydrogen (secondary N) is 2. The molecule has 1 aliphatic carbocycles. The van der Waals surface area contributed by atoms with Crippen molar-refractivity contribution in [2.75, 3.05) is 25.0 Å². The Hall–Kier alpha value is -2.88. The number of hydrogen-bond acceptors (Lipinski definition) is 5. The number of alkyl halides is 3. The first-order chi connectivity index (χ1) is 15.3. The van der Waals surface area contributed by atoms with Crippen LogP contribution < -0.4 is 10.1 Å². The zero-order chi connectivity index (χ0) is 22.1. The van der Waals surface area contributed by atoms with Crippen LogP contribution in [0.1, 0.15) is 36.6 Å². The summed E-state index contributed by atoms with van der Waals surface area (Å²) in [7, 11) is 0. The molecule has 2 atom stereocenters. The van der Waals surface area contributed by atoms with Gasteiger partial charge in [0.15, 0.2) is 0 Å². The number of nitrogens with zero attached hydrogens (tertiary/aromatic N) is 3. The quantitative estimate of drug-likeness (QED) is 0.578. The highest BCUT2D eigenvalue weighted by Gasteiger charge is 2.50. The molecule has 2 fully saturated rings. The molecule has 6 nitrogen and oxygen atoms in total. The average molecular weight is 447 g/mol. The summed E-state index contributed by atoms with van der Waals surface area (Å²) in [5.74, 6) is 0.340. The highest BCUT2D eigenvalue weighted by Crippen LogP contribution is 2.54. The molecule has 1 saturated heterocycles. The van der Waals surface area contributed by atoms with Crippen LogP contribution in [0.2, 0.25) is 0 Å². The first-order valence-electron chi connectivity index (χ1n) is 10.7. The summed E-state index contributed by atoms with van der Waals surface area (Å²) in [5.41, 5.74) is 0.392. The molecule has 2 aromatic heterocycles. The highest BCUT2D eigenvalue weighted by molar-refractivity contribution is 5.88. The summed E-state index contributed by atoms with van der Waals surface area (Å²) in [6.07, 6.45) is 0.310. The van der Waals surface area contributed by atoms with Gasteiger partial charge in [0.1, 0.15) is 41.7 Å². The zero-order valence-electron chi connectivity index (χ0n) is 17.0. The number of benzene rings is 1. The number of rotatable bonds is 3. The van der Waals surface area contributed by atoms with Crippen molar-refractivity contribution < 1.29 is 22.3 Å².